The summed E-state index contributed by atoms with van der Waals surface area (Å²) in [5, 5.41) is 17.1. The maximum absolute atomic E-state index is 12.5. The number of hydrogen-bond acceptors (Lipinski definition) is 5. The molecule has 1 aromatic carbocycles. The van der Waals surface area contributed by atoms with E-state index in [-0.39, 0.29) is 17.6 Å². The van der Waals surface area contributed by atoms with Gasteiger partial charge in [0.1, 0.15) is 0 Å². The summed E-state index contributed by atoms with van der Waals surface area (Å²) in [7, 11) is 0. The highest BCUT2D eigenvalue weighted by atomic mass is 16.2. The number of amides is 3. The summed E-state index contributed by atoms with van der Waals surface area (Å²) in [6.07, 6.45) is 3.60. The van der Waals surface area contributed by atoms with Crippen molar-refractivity contribution in [2.75, 3.05) is 25.0 Å². The minimum Gasteiger partial charge on any atom is -0.350 e. The molecule has 1 saturated heterocycles. The van der Waals surface area contributed by atoms with Crippen molar-refractivity contribution in [3.05, 3.63) is 53.2 Å². The summed E-state index contributed by atoms with van der Waals surface area (Å²) in [4.78, 5) is 26.6. The second-order valence-corrected chi connectivity index (χ2v) is 8.58. The predicted molar refractivity (Wildman–Crippen MR) is 112 cm³/mol. The van der Waals surface area contributed by atoms with Crippen LogP contribution in [0.25, 0.3) is 0 Å². The van der Waals surface area contributed by atoms with Crippen LogP contribution >= 0.6 is 0 Å². The molecule has 3 N–H and O–H groups in total. The van der Waals surface area contributed by atoms with Gasteiger partial charge < -0.3 is 15.5 Å². The van der Waals surface area contributed by atoms with Crippen LogP contribution in [0.15, 0.2) is 36.4 Å². The van der Waals surface area contributed by atoms with E-state index in [9.17, 15) is 9.59 Å². The monoisotopic (exact) mass is 406 g/mol. The number of aromatic nitrogens is 2. The molecule has 156 valence electrons. The molecule has 1 unspecified atom stereocenters. The Kier molecular flexibility index (Phi) is 4.86. The van der Waals surface area contributed by atoms with Gasteiger partial charge in [0.05, 0.1) is 0 Å². The van der Waals surface area contributed by atoms with Crippen LogP contribution < -0.4 is 16.0 Å². The number of hydrogen-bond donors (Lipinski definition) is 3. The molecule has 3 heterocycles. The molecule has 3 aliphatic rings. The average Bonchev–Trinajstić information content (AvgIpc) is 3.23. The lowest BCUT2D eigenvalue weighted by Gasteiger charge is -2.23. The Morgan fingerprint density at radius 3 is 2.47 bits per heavy atom. The van der Waals surface area contributed by atoms with Gasteiger partial charge in [0.25, 0.3) is 5.91 Å². The summed E-state index contributed by atoms with van der Waals surface area (Å²) in [5.74, 6) is 0.689. The molecule has 5 rings (SSSR count). The molecule has 1 aromatic heterocycles. The lowest BCUT2D eigenvalue weighted by atomic mass is 9.92. The SMILES string of the molecule is O=C(NCC1CC12CCNCC2)c1ccc(NC(=O)N2Cc3ccccc3C2)nn1. The van der Waals surface area contributed by atoms with E-state index in [1.54, 1.807) is 17.0 Å². The van der Waals surface area contributed by atoms with Crippen LogP contribution in [0.3, 0.4) is 0 Å². The van der Waals surface area contributed by atoms with Gasteiger partial charge in [-0.2, -0.15) is 0 Å². The number of benzene rings is 1. The predicted octanol–water partition coefficient (Wildman–Crippen LogP) is 2.14. The van der Waals surface area contributed by atoms with Gasteiger partial charge in [0, 0.05) is 19.6 Å². The molecule has 2 fully saturated rings. The summed E-state index contributed by atoms with van der Waals surface area (Å²) in [6, 6.07) is 11.0. The maximum atomic E-state index is 12.5. The number of nitrogens with one attached hydrogen (secondary N) is 3. The summed E-state index contributed by atoms with van der Waals surface area (Å²) >= 11 is 0. The molecule has 1 spiro atoms. The van der Waals surface area contributed by atoms with Gasteiger partial charge in [-0.15, -0.1) is 10.2 Å². The van der Waals surface area contributed by atoms with E-state index in [0.717, 1.165) is 24.2 Å². The molecule has 8 nitrogen and oxygen atoms in total. The molecule has 2 aromatic rings. The molecule has 1 saturated carbocycles. The zero-order valence-electron chi connectivity index (χ0n) is 16.9. The number of carbonyl (C=O) groups excluding carboxylic acids is 2. The molecule has 8 heteroatoms. The van der Waals surface area contributed by atoms with Crippen LogP contribution in [0, 0.1) is 11.3 Å². The first-order valence-electron chi connectivity index (χ1n) is 10.6. The van der Waals surface area contributed by atoms with Crippen molar-refractivity contribution in [3.8, 4) is 0 Å². The molecule has 1 atom stereocenters. The van der Waals surface area contributed by atoms with E-state index in [1.165, 1.54) is 19.3 Å². The number of piperidine rings is 1. The van der Waals surface area contributed by atoms with Crippen molar-refractivity contribution in [2.45, 2.75) is 32.4 Å². The first kappa shape index (κ1) is 19.0. The Labute approximate surface area is 175 Å². The molecular formula is C22H26N6O2. The molecule has 3 amide bonds. The van der Waals surface area contributed by atoms with E-state index in [4.69, 9.17) is 0 Å². The number of rotatable bonds is 4. The molecular weight excluding hydrogens is 380 g/mol. The van der Waals surface area contributed by atoms with Crippen molar-refractivity contribution >= 4 is 17.8 Å². The number of fused-ring (bicyclic) bond motifs is 1. The minimum absolute atomic E-state index is 0.216. The zero-order chi connectivity index (χ0) is 20.6. The van der Waals surface area contributed by atoms with Gasteiger partial charge in [0.15, 0.2) is 11.5 Å². The smallest absolute Gasteiger partial charge is 0.323 e. The van der Waals surface area contributed by atoms with E-state index >= 15 is 0 Å². The zero-order valence-corrected chi connectivity index (χ0v) is 16.9. The highest BCUT2D eigenvalue weighted by molar-refractivity contribution is 5.93. The fourth-order valence-electron chi connectivity index (χ4n) is 4.75. The Morgan fingerprint density at radius 2 is 1.80 bits per heavy atom. The first-order chi connectivity index (χ1) is 14.6. The van der Waals surface area contributed by atoms with Crippen LogP contribution in [0.5, 0.6) is 0 Å². The second-order valence-electron chi connectivity index (χ2n) is 8.58. The third-order valence-electron chi connectivity index (χ3n) is 6.73. The molecule has 0 bridgehead atoms. The fourth-order valence-corrected chi connectivity index (χ4v) is 4.75. The van der Waals surface area contributed by atoms with Crippen molar-refractivity contribution in [3.63, 3.8) is 0 Å². The van der Waals surface area contributed by atoms with Gasteiger partial charge in [-0.3, -0.25) is 10.1 Å². The summed E-state index contributed by atoms with van der Waals surface area (Å²) in [6.45, 7) is 4.00. The van der Waals surface area contributed by atoms with E-state index in [2.05, 4.69) is 26.1 Å². The summed E-state index contributed by atoms with van der Waals surface area (Å²) in [5.41, 5.74) is 3.02. The second kappa shape index (κ2) is 7.68. The quantitative estimate of drug-likeness (QED) is 0.723. The van der Waals surface area contributed by atoms with E-state index in [1.807, 2.05) is 24.3 Å². The first-order valence-corrected chi connectivity index (χ1v) is 10.6. The van der Waals surface area contributed by atoms with Gasteiger partial charge in [0.2, 0.25) is 0 Å². The molecule has 2 aliphatic heterocycles. The van der Waals surface area contributed by atoms with E-state index < -0.39 is 0 Å². The third kappa shape index (κ3) is 3.75. The Bertz CT molecular complexity index is 929. The van der Waals surface area contributed by atoms with Gasteiger partial charge in [-0.25, -0.2) is 4.79 Å². The Morgan fingerprint density at radius 1 is 1.07 bits per heavy atom. The topological polar surface area (TPSA) is 99.2 Å². The number of nitrogens with zero attached hydrogens (tertiary/aromatic N) is 3. The molecule has 0 radical (unpaired) electrons. The maximum Gasteiger partial charge on any atom is 0.323 e. The van der Waals surface area contributed by atoms with Crippen molar-refractivity contribution < 1.29 is 9.59 Å². The highest BCUT2D eigenvalue weighted by Crippen LogP contribution is 2.58. The van der Waals surface area contributed by atoms with Crippen molar-refractivity contribution in [2.24, 2.45) is 11.3 Å². The number of carbonyl (C=O) groups is 2. The van der Waals surface area contributed by atoms with E-state index in [0.29, 0.717) is 36.8 Å². The fraction of sp³-hybridized carbons (Fsp3) is 0.455. The van der Waals surface area contributed by atoms with Crippen LogP contribution in [0.2, 0.25) is 0 Å². The summed E-state index contributed by atoms with van der Waals surface area (Å²) < 4.78 is 0. The Hall–Kier alpha value is -3.00. The largest absolute Gasteiger partial charge is 0.350 e. The van der Waals surface area contributed by atoms with Crippen LogP contribution in [-0.4, -0.2) is 46.7 Å². The van der Waals surface area contributed by atoms with Crippen LogP contribution in [0.1, 0.15) is 40.9 Å². The minimum atomic E-state index is -0.223. The number of urea groups is 1. The van der Waals surface area contributed by atoms with Gasteiger partial charge in [-0.05, 0) is 66.9 Å². The average molecular weight is 406 g/mol. The van der Waals surface area contributed by atoms with Crippen LogP contribution in [0.4, 0.5) is 10.6 Å². The van der Waals surface area contributed by atoms with Crippen LogP contribution in [-0.2, 0) is 13.1 Å². The van der Waals surface area contributed by atoms with Gasteiger partial charge >= 0.3 is 6.03 Å². The standard InChI is InChI=1S/C22H26N6O2/c29-20(24-12-17-11-22(17)7-9-23-10-8-22)18-5-6-19(27-26-18)25-21(30)28-13-15-3-1-2-4-16(15)14-28/h1-6,17,23H,7-14H2,(H,24,29)(H,25,27,30). The third-order valence-corrected chi connectivity index (χ3v) is 6.73. The highest BCUT2D eigenvalue weighted by Gasteiger charge is 2.53. The van der Waals surface area contributed by atoms with Gasteiger partial charge in [-0.1, -0.05) is 24.3 Å². The lowest BCUT2D eigenvalue weighted by Crippen LogP contribution is -2.33. The van der Waals surface area contributed by atoms with Crippen molar-refractivity contribution in [1.29, 1.82) is 0 Å². The van der Waals surface area contributed by atoms with Crippen molar-refractivity contribution in [1.82, 2.24) is 25.7 Å². The Balaban J connectivity index is 1.11. The lowest BCUT2D eigenvalue weighted by molar-refractivity contribution is 0.0943. The molecule has 1 aliphatic carbocycles. The normalized spacial score (nSPS) is 21.2. The number of anilines is 1. The molecule has 30 heavy (non-hydrogen) atoms.